The van der Waals surface area contributed by atoms with E-state index in [1.807, 2.05) is 0 Å². The first-order chi connectivity index (χ1) is 9.22. The lowest BCUT2D eigenvalue weighted by Crippen LogP contribution is -2.31. The maximum Gasteiger partial charge on any atom is 0.268 e. The third-order valence-electron chi connectivity index (χ3n) is 3.05. The minimum absolute atomic E-state index is 0.164. The number of nitrogens with one attached hydrogen (secondary N) is 1. The fraction of sp³-hybridized carbons (Fsp3) is 0.385. The maximum absolute atomic E-state index is 11.5. The van der Waals surface area contributed by atoms with Gasteiger partial charge in [0.05, 0.1) is 12.1 Å². The lowest BCUT2D eigenvalue weighted by atomic mass is 10.2. The van der Waals surface area contributed by atoms with Crippen molar-refractivity contribution in [2.45, 2.75) is 12.8 Å². The standard InChI is InChI=1S/C13H17N3O3/c14-15-13(18)10-4-1-2-5-11(10)19-9-8-16-7-3-6-12(16)17/h1-2,4-5H,3,6-9,14H2,(H,15,18). The fourth-order valence-corrected chi connectivity index (χ4v) is 2.06. The molecule has 0 saturated carbocycles. The summed E-state index contributed by atoms with van der Waals surface area (Å²) in [5.41, 5.74) is 2.46. The predicted molar refractivity (Wildman–Crippen MR) is 69.4 cm³/mol. The molecule has 2 amide bonds. The van der Waals surface area contributed by atoms with Crippen LogP contribution in [0.25, 0.3) is 0 Å². The number of carbonyl (C=O) groups is 2. The van der Waals surface area contributed by atoms with Crippen LogP contribution in [0.5, 0.6) is 5.75 Å². The molecule has 3 N–H and O–H groups in total. The number of nitrogens with zero attached hydrogens (tertiary/aromatic N) is 1. The maximum atomic E-state index is 11.5. The molecule has 0 atom stereocenters. The van der Waals surface area contributed by atoms with Crippen LogP contribution in [0.1, 0.15) is 23.2 Å². The predicted octanol–water partition coefficient (Wildman–Crippen LogP) is 0.291. The molecular formula is C13H17N3O3. The quantitative estimate of drug-likeness (QED) is 0.454. The number of carbonyl (C=O) groups excluding carboxylic acids is 2. The Morgan fingerprint density at radius 2 is 2.21 bits per heavy atom. The number of hydrazine groups is 1. The lowest BCUT2D eigenvalue weighted by Gasteiger charge is -2.16. The van der Waals surface area contributed by atoms with Gasteiger partial charge >= 0.3 is 0 Å². The molecule has 1 aromatic carbocycles. The molecule has 1 aliphatic rings. The van der Waals surface area contributed by atoms with Gasteiger partial charge in [-0.3, -0.25) is 15.0 Å². The van der Waals surface area contributed by atoms with E-state index in [2.05, 4.69) is 5.43 Å². The number of hydrogen-bond donors (Lipinski definition) is 2. The van der Waals surface area contributed by atoms with Crippen LogP contribution in [-0.2, 0) is 4.79 Å². The second kappa shape index (κ2) is 6.19. The van der Waals surface area contributed by atoms with E-state index in [9.17, 15) is 9.59 Å². The van der Waals surface area contributed by atoms with Gasteiger partial charge < -0.3 is 9.64 Å². The van der Waals surface area contributed by atoms with Gasteiger partial charge in [0, 0.05) is 13.0 Å². The zero-order valence-electron chi connectivity index (χ0n) is 10.6. The number of rotatable bonds is 5. The van der Waals surface area contributed by atoms with E-state index in [-0.39, 0.29) is 5.91 Å². The molecule has 1 heterocycles. The summed E-state index contributed by atoms with van der Waals surface area (Å²) >= 11 is 0. The second-order valence-corrected chi connectivity index (χ2v) is 4.30. The van der Waals surface area contributed by atoms with Gasteiger partial charge in [0.15, 0.2) is 0 Å². The molecule has 0 radical (unpaired) electrons. The Bertz CT molecular complexity index is 476. The van der Waals surface area contributed by atoms with Crippen molar-refractivity contribution in [1.82, 2.24) is 10.3 Å². The van der Waals surface area contributed by atoms with Gasteiger partial charge in [-0.25, -0.2) is 5.84 Å². The first-order valence-electron chi connectivity index (χ1n) is 6.23. The Labute approximate surface area is 111 Å². The Kier molecular flexibility index (Phi) is 4.35. The summed E-state index contributed by atoms with van der Waals surface area (Å²) in [6, 6.07) is 6.86. The smallest absolute Gasteiger partial charge is 0.268 e. The van der Waals surface area contributed by atoms with Crippen molar-refractivity contribution in [3.63, 3.8) is 0 Å². The van der Waals surface area contributed by atoms with E-state index in [1.54, 1.807) is 29.2 Å². The summed E-state index contributed by atoms with van der Waals surface area (Å²) in [6.45, 7) is 1.69. The molecule has 0 aliphatic carbocycles. The van der Waals surface area contributed by atoms with Crippen molar-refractivity contribution in [3.05, 3.63) is 29.8 Å². The summed E-state index contributed by atoms with van der Waals surface area (Å²) in [7, 11) is 0. The highest BCUT2D eigenvalue weighted by atomic mass is 16.5. The minimum atomic E-state index is -0.396. The first kappa shape index (κ1) is 13.4. The Morgan fingerprint density at radius 3 is 2.89 bits per heavy atom. The number of para-hydroxylation sites is 1. The third-order valence-corrected chi connectivity index (χ3v) is 3.05. The average molecular weight is 263 g/mol. The van der Waals surface area contributed by atoms with Crippen LogP contribution in [0, 0.1) is 0 Å². The summed E-state index contributed by atoms with van der Waals surface area (Å²) in [4.78, 5) is 24.7. The monoisotopic (exact) mass is 263 g/mol. The molecule has 2 rings (SSSR count). The zero-order chi connectivity index (χ0) is 13.7. The van der Waals surface area contributed by atoms with E-state index in [4.69, 9.17) is 10.6 Å². The number of benzene rings is 1. The van der Waals surface area contributed by atoms with Crippen molar-refractivity contribution < 1.29 is 14.3 Å². The van der Waals surface area contributed by atoms with Crippen LogP contribution in [0.2, 0.25) is 0 Å². The first-order valence-corrected chi connectivity index (χ1v) is 6.23. The largest absolute Gasteiger partial charge is 0.491 e. The van der Waals surface area contributed by atoms with Crippen molar-refractivity contribution in [2.75, 3.05) is 19.7 Å². The van der Waals surface area contributed by atoms with Gasteiger partial charge in [0.2, 0.25) is 5.91 Å². The normalized spacial score (nSPS) is 14.6. The highest BCUT2D eigenvalue weighted by Gasteiger charge is 2.19. The molecule has 6 heteroatoms. The number of hydrogen-bond acceptors (Lipinski definition) is 4. The van der Waals surface area contributed by atoms with Gasteiger partial charge in [-0.2, -0.15) is 0 Å². The Morgan fingerprint density at radius 1 is 1.42 bits per heavy atom. The summed E-state index contributed by atoms with van der Waals surface area (Å²) < 4.78 is 5.56. The molecule has 1 saturated heterocycles. The fourth-order valence-electron chi connectivity index (χ4n) is 2.06. The molecule has 0 spiro atoms. The topological polar surface area (TPSA) is 84.7 Å². The Hall–Kier alpha value is -2.08. The van der Waals surface area contributed by atoms with Crippen LogP contribution < -0.4 is 16.0 Å². The number of amides is 2. The SMILES string of the molecule is NNC(=O)c1ccccc1OCCN1CCCC1=O. The minimum Gasteiger partial charge on any atom is -0.491 e. The van der Waals surface area contributed by atoms with Gasteiger partial charge in [-0.05, 0) is 18.6 Å². The average Bonchev–Trinajstić information content (AvgIpc) is 2.84. The van der Waals surface area contributed by atoms with Crippen LogP contribution in [-0.4, -0.2) is 36.4 Å². The number of nitrogens with two attached hydrogens (primary N) is 1. The van der Waals surface area contributed by atoms with E-state index < -0.39 is 5.91 Å². The van der Waals surface area contributed by atoms with Crippen molar-refractivity contribution in [3.8, 4) is 5.75 Å². The van der Waals surface area contributed by atoms with Crippen molar-refractivity contribution in [2.24, 2.45) is 5.84 Å². The van der Waals surface area contributed by atoms with Gasteiger partial charge in [-0.15, -0.1) is 0 Å². The number of likely N-dealkylation sites (tertiary alicyclic amines) is 1. The van der Waals surface area contributed by atoms with Crippen LogP contribution >= 0.6 is 0 Å². The lowest BCUT2D eigenvalue weighted by molar-refractivity contribution is -0.128. The van der Waals surface area contributed by atoms with Crippen LogP contribution in [0.3, 0.4) is 0 Å². The molecule has 19 heavy (non-hydrogen) atoms. The van der Waals surface area contributed by atoms with E-state index >= 15 is 0 Å². The van der Waals surface area contributed by atoms with Gasteiger partial charge in [0.1, 0.15) is 12.4 Å². The van der Waals surface area contributed by atoms with Gasteiger partial charge in [0.25, 0.3) is 5.91 Å². The summed E-state index contributed by atoms with van der Waals surface area (Å²) in [6.07, 6.45) is 1.52. The third kappa shape index (κ3) is 3.23. The molecule has 0 aromatic heterocycles. The molecule has 6 nitrogen and oxygen atoms in total. The van der Waals surface area contributed by atoms with Crippen molar-refractivity contribution in [1.29, 1.82) is 0 Å². The summed E-state index contributed by atoms with van der Waals surface area (Å²) in [5.74, 6) is 5.35. The molecule has 0 unspecified atom stereocenters. The van der Waals surface area contributed by atoms with Crippen LogP contribution in [0.15, 0.2) is 24.3 Å². The molecule has 1 fully saturated rings. The highest BCUT2D eigenvalue weighted by molar-refractivity contribution is 5.96. The van der Waals surface area contributed by atoms with E-state index in [0.717, 1.165) is 13.0 Å². The van der Waals surface area contributed by atoms with E-state index in [1.165, 1.54) is 0 Å². The summed E-state index contributed by atoms with van der Waals surface area (Å²) in [5, 5.41) is 0. The highest BCUT2D eigenvalue weighted by Crippen LogP contribution is 2.18. The second-order valence-electron chi connectivity index (χ2n) is 4.30. The van der Waals surface area contributed by atoms with Crippen molar-refractivity contribution >= 4 is 11.8 Å². The van der Waals surface area contributed by atoms with Gasteiger partial charge in [-0.1, -0.05) is 12.1 Å². The zero-order valence-corrected chi connectivity index (χ0v) is 10.6. The van der Waals surface area contributed by atoms with E-state index in [0.29, 0.717) is 30.9 Å². The Balaban J connectivity index is 1.92. The van der Waals surface area contributed by atoms with Crippen LogP contribution in [0.4, 0.5) is 0 Å². The molecule has 1 aliphatic heterocycles. The number of nitrogen functional groups attached to an aromatic ring is 1. The molecule has 102 valence electrons. The molecule has 1 aromatic rings. The number of ether oxygens (including phenoxy) is 1. The molecule has 0 bridgehead atoms. The molecular weight excluding hydrogens is 246 g/mol.